The highest BCUT2D eigenvalue weighted by molar-refractivity contribution is 7.98. The summed E-state index contributed by atoms with van der Waals surface area (Å²) in [5.74, 6) is 0.475. The van der Waals surface area contributed by atoms with E-state index in [2.05, 4.69) is 5.32 Å². The summed E-state index contributed by atoms with van der Waals surface area (Å²) in [7, 11) is -2.43. The molecule has 0 bridgehead atoms. The Kier molecular flexibility index (Phi) is 6.53. The van der Waals surface area contributed by atoms with Crippen molar-refractivity contribution in [3.63, 3.8) is 0 Å². The predicted octanol–water partition coefficient (Wildman–Crippen LogP) is 4.32. The third-order valence-electron chi connectivity index (χ3n) is 5.26. The average Bonchev–Trinajstić information content (AvgIpc) is 2.83. The van der Waals surface area contributed by atoms with Crippen molar-refractivity contribution in [2.75, 3.05) is 29.5 Å². The van der Waals surface area contributed by atoms with E-state index in [1.54, 1.807) is 42.1 Å². The number of carbonyl (C=O) groups is 1. The second-order valence-corrected chi connectivity index (χ2v) is 10.3. The number of aryl methyl sites for hydroxylation is 1. The van der Waals surface area contributed by atoms with Crippen LogP contribution in [0.3, 0.4) is 0 Å². The number of benzene rings is 3. The van der Waals surface area contributed by atoms with E-state index >= 15 is 0 Å². The van der Waals surface area contributed by atoms with Crippen LogP contribution in [-0.2, 0) is 14.8 Å². The molecule has 1 heterocycles. The number of methoxy groups -OCH3 is 1. The van der Waals surface area contributed by atoms with Crippen LogP contribution in [-0.4, -0.2) is 40.3 Å². The molecular formula is C24H24N2O5S2. The Balaban J connectivity index is 1.67. The molecule has 0 saturated heterocycles. The van der Waals surface area contributed by atoms with Crippen molar-refractivity contribution in [2.24, 2.45) is 0 Å². The summed E-state index contributed by atoms with van der Waals surface area (Å²) in [6.45, 7) is 1.72. The summed E-state index contributed by atoms with van der Waals surface area (Å²) in [6, 6.07) is 18.8. The monoisotopic (exact) mass is 484 g/mol. The highest BCUT2D eigenvalue weighted by atomic mass is 32.2. The minimum atomic E-state index is -3.95. The molecule has 1 atom stereocenters. The molecule has 1 aliphatic rings. The molecule has 9 heteroatoms. The molecule has 0 aliphatic carbocycles. The van der Waals surface area contributed by atoms with Gasteiger partial charge in [0.05, 0.1) is 24.2 Å². The highest BCUT2D eigenvalue weighted by Crippen LogP contribution is 2.38. The van der Waals surface area contributed by atoms with Gasteiger partial charge in [-0.05, 0) is 73.3 Å². The first-order chi connectivity index (χ1) is 15.8. The van der Waals surface area contributed by atoms with Gasteiger partial charge >= 0.3 is 0 Å². The summed E-state index contributed by atoms with van der Waals surface area (Å²) in [5, 5.41) is 2.84. The zero-order valence-corrected chi connectivity index (χ0v) is 20.1. The lowest BCUT2D eigenvalue weighted by Gasteiger charge is -2.35. The number of fused-ring (bicyclic) bond motifs is 1. The normalized spacial score (nSPS) is 15.4. The Morgan fingerprint density at radius 3 is 2.58 bits per heavy atom. The molecule has 3 aromatic carbocycles. The molecule has 0 unspecified atom stereocenters. The number of nitrogens with one attached hydrogen (secondary N) is 1. The van der Waals surface area contributed by atoms with Crippen molar-refractivity contribution >= 4 is 39.1 Å². The standard InChI is InChI=1S/C24H24N2O5S2/c1-16-7-12-21-22(13-16)31-23(24(27)25-17-5-4-6-19(14-17)32-3)15-26(21)33(28,29)20-10-8-18(30-2)9-11-20/h4-14,23H,15H2,1-3H3,(H,25,27)/t23-/m1/s1. The Morgan fingerprint density at radius 2 is 1.88 bits per heavy atom. The van der Waals surface area contributed by atoms with Crippen LogP contribution in [0.25, 0.3) is 0 Å². The number of ether oxygens (including phenoxy) is 2. The molecule has 1 amide bonds. The van der Waals surface area contributed by atoms with Crippen molar-refractivity contribution in [2.45, 2.75) is 22.8 Å². The van der Waals surface area contributed by atoms with Gasteiger partial charge in [-0.3, -0.25) is 9.10 Å². The van der Waals surface area contributed by atoms with Gasteiger partial charge in [0.15, 0.2) is 6.10 Å². The second kappa shape index (κ2) is 9.36. The number of amides is 1. The van der Waals surface area contributed by atoms with Gasteiger partial charge in [-0.2, -0.15) is 0 Å². The van der Waals surface area contributed by atoms with Gasteiger partial charge in [-0.25, -0.2) is 8.42 Å². The first kappa shape index (κ1) is 23.0. The van der Waals surface area contributed by atoms with Crippen LogP contribution < -0.4 is 19.1 Å². The van der Waals surface area contributed by atoms with E-state index in [0.29, 0.717) is 22.9 Å². The first-order valence-electron chi connectivity index (χ1n) is 10.2. The fourth-order valence-electron chi connectivity index (χ4n) is 3.52. The van der Waals surface area contributed by atoms with E-state index < -0.39 is 22.0 Å². The summed E-state index contributed by atoms with van der Waals surface area (Å²) in [4.78, 5) is 14.2. The molecule has 0 aromatic heterocycles. The Morgan fingerprint density at radius 1 is 1.12 bits per heavy atom. The van der Waals surface area contributed by atoms with E-state index in [4.69, 9.17) is 9.47 Å². The number of rotatable bonds is 6. The SMILES string of the molecule is COc1ccc(S(=O)(=O)N2C[C@H](C(=O)Nc3cccc(SC)c3)Oc3cc(C)ccc32)cc1. The molecule has 3 aromatic rings. The van der Waals surface area contributed by atoms with Crippen LogP contribution in [0.5, 0.6) is 11.5 Å². The number of thioether (sulfide) groups is 1. The van der Waals surface area contributed by atoms with Crippen LogP contribution in [0.2, 0.25) is 0 Å². The lowest BCUT2D eigenvalue weighted by molar-refractivity contribution is -0.122. The van der Waals surface area contributed by atoms with Gasteiger partial charge in [-0.1, -0.05) is 12.1 Å². The highest BCUT2D eigenvalue weighted by Gasteiger charge is 2.37. The Bertz CT molecular complexity index is 1280. The van der Waals surface area contributed by atoms with E-state index in [0.717, 1.165) is 10.5 Å². The van der Waals surface area contributed by atoms with Gasteiger partial charge in [0.1, 0.15) is 11.5 Å². The van der Waals surface area contributed by atoms with Crippen LogP contribution in [0.4, 0.5) is 11.4 Å². The van der Waals surface area contributed by atoms with Crippen molar-refractivity contribution in [1.29, 1.82) is 0 Å². The average molecular weight is 485 g/mol. The lowest BCUT2D eigenvalue weighted by Crippen LogP contribution is -2.48. The summed E-state index contributed by atoms with van der Waals surface area (Å²) in [6.07, 6.45) is 0.928. The number of hydrogen-bond acceptors (Lipinski definition) is 6. The van der Waals surface area contributed by atoms with E-state index in [1.807, 2.05) is 37.4 Å². The van der Waals surface area contributed by atoms with Gasteiger partial charge in [0, 0.05) is 10.6 Å². The fourth-order valence-corrected chi connectivity index (χ4v) is 5.46. The summed E-state index contributed by atoms with van der Waals surface area (Å²) < 4.78 is 39.4. The van der Waals surface area contributed by atoms with Crippen molar-refractivity contribution < 1.29 is 22.7 Å². The van der Waals surface area contributed by atoms with Gasteiger partial charge in [0.25, 0.3) is 15.9 Å². The van der Waals surface area contributed by atoms with Crippen LogP contribution in [0, 0.1) is 6.92 Å². The van der Waals surface area contributed by atoms with Gasteiger partial charge < -0.3 is 14.8 Å². The number of hydrogen-bond donors (Lipinski definition) is 1. The van der Waals surface area contributed by atoms with Crippen molar-refractivity contribution in [3.05, 3.63) is 72.3 Å². The van der Waals surface area contributed by atoms with E-state index in [-0.39, 0.29) is 11.4 Å². The Labute approximate surface area is 197 Å². The topological polar surface area (TPSA) is 84.9 Å². The molecular weight excluding hydrogens is 460 g/mol. The van der Waals surface area contributed by atoms with Crippen LogP contribution in [0.1, 0.15) is 5.56 Å². The maximum absolute atomic E-state index is 13.5. The van der Waals surface area contributed by atoms with E-state index in [9.17, 15) is 13.2 Å². The number of nitrogens with zero attached hydrogens (tertiary/aromatic N) is 1. The maximum atomic E-state index is 13.5. The molecule has 7 nitrogen and oxygen atoms in total. The first-order valence-corrected chi connectivity index (χ1v) is 12.9. The second-order valence-electron chi connectivity index (χ2n) is 7.51. The number of carbonyl (C=O) groups excluding carboxylic acids is 1. The lowest BCUT2D eigenvalue weighted by atomic mass is 10.1. The fraction of sp³-hybridized carbons (Fsp3) is 0.208. The minimum Gasteiger partial charge on any atom is -0.497 e. The largest absolute Gasteiger partial charge is 0.497 e. The van der Waals surface area contributed by atoms with Gasteiger partial charge in [-0.15, -0.1) is 11.8 Å². The molecule has 0 radical (unpaired) electrons. The third-order valence-corrected chi connectivity index (χ3v) is 7.78. The molecule has 4 rings (SSSR count). The minimum absolute atomic E-state index is 0.101. The van der Waals surface area contributed by atoms with Crippen LogP contribution >= 0.6 is 11.8 Å². The molecule has 0 saturated carbocycles. The molecule has 0 spiro atoms. The molecule has 33 heavy (non-hydrogen) atoms. The van der Waals surface area contributed by atoms with Gasteiger partial charge in [0.2, 0.25) is 0 Å². The summed E-state index contributed by atoms with van der Waals surface area (Å²) >= 11 is 1.56. The molecule has 1 aliphatic heterocycles. The third kappa shape index (κ3) is 4.79. The Hall–Kier alpha value is -3.17. The zero-order chi connectivity index (χ0) is 23.6. The molecule has 172 valence electrons. The zero-order valence-electron chi connectivity index (χ0n) is 18.4. The number of anilines is 2. The van der Waals surface area contributed by atoms with Crippen molar-refractivity contribution in [1.82, 2.24) is 0 Å². The number of sulfonamides is 1. The summed E-state index contributed by atoms with van der Waals surface area (Å²) in [5.41, 5.74) is 1.91. The maximum Gasteiger partial charge on any atom is 0.267 e. The predicted molar refractivity (Wildman–Crippen MR) is 130 cm³/mol. The van der Waals surface area contributed by atoms with Crippen molar-refractivity contribution in [3.8, 4) is 11.5 Å². The van der Waals surface area contributed by atoms with Crippen LogP contribution in [0.15, 0.2) is 76.5 Å². The molecule has 1 N–H and O–H groups in total. The smallest absolute Gasteiger partial charge is 0.267 e. The molecule has 0 fully saturated rings. The van der Waals surface area contributed by atoms with E-state index in [1.165, 1.54) is 23.5 Å². The quantitative estimate of drug-likeness (QED) is 0.525.